The van der Waals surface area contributed by atoms with E-state index in [1.807, 2.05) is 6.07 Å². The number of allylic oxidation sites excluding steroid dienone is 3. The van der Waals surface area contributed by atoms with Crippen LogP contribution in [0.5, 0.6) is 11.5 Å². The smallest absolute Gasteiger partial charge is 0.260 e. The van der Waals surface area contributed by atoms with Crippen LogP contribution in [0.2, 0.25) is 0 Å². The third kappa shape index (κ3) is 2.88. The summed E-state index contributed by atoms with van der Waals surface area (Å²) in [6.45, 7) is 0. The van der Waals surface area contributed by atoms with Gasteiger partial charge < -0.3 is 9.84 Å². The molecule has 24 heavy (non-hydrogen) atoms. The third-order valence-corrected chi connectivity index (χ3v) is 3.59. The average molecular weight is 319 g/mol. The van der Waals surface area contributed by atoms with Crippen molar-refractivity contribution in [2.75, 3.05) is 7.11 Å². The van der Waals surface area contributed by atoms with E-state index in [2.05, 4.69) is 9.98 Å². The van der Waals surface area contributed by atoms with Gasteiger partial charge in [-0.15, -0.1) is 0 Å². The zero-order valence-corrected chi connectivity index (χ0v) is 12.8. The zero-order chi connectivity index (χ0) is 17.1. The minimum atomic E-state index is -0.479. The van der Waals surface area contributed by atoms with Gasteiger partial charge in [0.2, 0.25) is 0 Å². The third-order valence-electron chi connectivity index (χ3n) is 3.59. The number of phenols is 1. The molecule has 1 aliphatic carbocycles. The maximum Gasteiger partial charge on any atom is 0.260 e. The number of benzene rings is 1. The van der Waals surface area contributed by atoms with E-state index in [-0.39, 0.29) is 28.8 Å². The van der Waals surface area contributed by atoms with Crippen LogP contribution < -0.4 is 4.74 Å². The van der Waals surface area contributed by atoms with Gasteiger partial charge in [-0.3, -0.25) is 4.79 Å². The second-order valence-corrected chi connectivity index (χ2v) is 5.13. The fourth-order valence-corrected chi connectivity index (χ4v) is 2.39. The number of nitriles is 1. The molecule has 1 amide bonds. The molecular weight excluding hydrogens is 306 g/mol. The molecule has 0 radical (unpaired) electrons. The molecule has 1 heterocycles. The van der Waals surface area contributed by atoms with E-state index in [1.165, 1.54) is 13.2 Å². The number of phenolic OH excluding ortho intramolecular Hbond substituents is 1. The molecule has 0 fully saturated rings. The van der Waals surface area contributed by atoms with E-state index < -0.39 is 5.92 Å². The molecule has 1 aromatic carbocycles. The lowest BCUT2D eigenvalue weighted by atomic mass is 9.96. The SMILES string of the molecule is COc1cc(/C=C(/C#N)C2=NC(=O)C3C=CC=CC3=N2)ccc1O. The monoisotopic (exact) mass is 319 g/mol. The minimum Gasteiger partial charge on any atom is -0.504 e. The Bertz CT molecular complexity index is 899. The first-order valence-electron chi connectivity index (χ1n) is 7.17. The van der Waals surface area contributed by atoms with Gasteiger partial charge in [-0.25, -0.2) is 4.99 Å². The van der Waals surface area contributed by atoms with Crippen LogP contribution in [0.4, 0.5) is 0 Å². The lowest BCUT2D eigenvalue weighted by molar-refractivity contribution is -0.118. The van der Waals surface area contributed by atoms with E-state index in [1.54, 1.807) is 42.5 Å². The van der Waals surface area contributed by atoms with Crippen LogP contribution in [-0.2, 0) is 4.79 Å². The van der Waals surface area contributed by atoms with E-state index in [0.29, 0.717) is 11.3 Å². The molecular formula is C18H13N3O3. The number of aromatic hydroxyl groups is 1. The van der Waals surface area contributed by atoms with Crippen LogP contribution in [0.3, 0.4) is 0 Å². The summed E-state index contributed by atoms with van der Waals surface area (Å²) >= 11 is 0. The summed E-state index contributed by atoms with van der Waals surface area (Å²) in [5.74, 6) is -0.455. The molecule has 0 saturated heterocycles. The van der Waals surface area contributed by atoms with Crippen molar-refractivity contribution in [3.63, 3.8) is 0 Å². The molecule has 6 heteroatoms. The summed E-state index contributed by atoms with van der Waals surface area (Å²) in [5.41, 5.74) is 1.35. The number of methoxy groups -OCH3 is 1. The number of hydrogen-bond donors (Lipinski definition) is 1. The molecule has 3 rings (SSSR count). The van der Waals surface area contributed by atoms with Gasteiger partial charge in [0.25, 0.3) is 5.91 Å². The highest BCUT2D eigenvalue weighted by Crippen LogP contribution is 2.27. The number of carbonyl (C=O) groups is 1. The minimum absolute atomic E-state index is 0.000516. The van der Waals surface area contributed by atoms with Crippen molar-refractivity contribution in [2.45, 2.75) is 0 Å². The summed E-state index contributed by atoms with van der Waals surface area (Å²) < 4.78 is 5.04. The standard InChI is InChI=1S/C18H13N3O3/c1-24-16-9-11(6-7-15(16)22)8-12(10-19)17-20-14-5-3-2-4-13(14)18(23)21-17/h2-9,13,22H,1H3/b12-8-. The van der Waals surface area contributed by atoms with Gasteiger partial charge in [-0.05, 0) is 29.8 Å². The van der Waals surface area contributed by atoms with Crippen molar-refractivity contribution in [3.8, 4) is 17.6 Å². The summed E-state index contributed by atoms with van der Waals surface area (Å²) in [6, 6.07) is 6.68. The fourth-order valence-electron chi connectivity index (χ4n) is 2.39. The van der Waals surface area contributed by atoms with Gasteiger partial charge in [-0.2, -0.15) is 10.3 Å². The van der Waals surface area contributed by atoms with Gasteiger partial charge in [0.05, 0.1) is 18.4 Å². The van der Waals surface area contributed by atoms with Crippen molar-refractivity contribution >= 4 is 23.5 Å². The Morgan fingerprint density at radius 3 is 2.96 bits per heavy atom. The second-order valence-electron chi connectivity index (χ2n) is 5.13. The molecule has 2 aliphatic rings. The number of carbonyl (C=O) groups excluding carboxylic acids is 1. The first-order valence-corrected chi connectivity index (χ1v) is 7.17. The Balaban J connectivity index is 1.99. The van der Waals surface area contributed by atoms with Crippen molar-refractivity contribution < 1.29 is 14.6 Å². The van der Waals surface area contributed by atoms with Crippen LogP contribution in [0, 0.1) is 17.2 Å². The number of ether oxygens (including phenoxy) is 1. The Labute approximate surface area is 138 Å². The van der Waals surface area contributed by atoms with Crippen molar-refractivity contribution in [3.05, 3.63) is 53.6 Å². The predicted octanol–water partition coefficient (Wildman–Crippen LogP) is 2.43. The number of rotatable bonds is 3. The van der Waals surface area contributed by atoms with Gasteiger partial charge in [0.15, 0.2) is 17.3 Å². The number of amides is 1. The molecule has 118 valence electrons. The molecule has 6 nitrogen and oxygen atoms in total. The first kappa shape index (κ1) is 15.4. The lowest BCUT2D eigenvalue weighted by Crippen LogP contribution is -2.27. The van der Waals surface area contributed by atoms with Crippen LogP contribution >= 0.6 is 0 Å². The number of amidine groups is 1. The maximum atomic E-state index is 12.1. The Hall–Kier alpha value is -3.46. The highest BCUT2D eigenvalue weighted by atomic mass is 16.5. The molecule has 1 atom stereocenters. The van der Waals surface area contributed by atoms with Crippen molar-refractivity contribution in [1.29, 1.82) is 5.26 Å². The van der Waals surface area contributed by atoms with Gasteiger partial charge in [0, 0.05) is 0 Å². The van der Waals surface area contributed by atoms with Gasteiger partial charge >= 0.3 is 0 Å². The predicted molar refractivity (Wildman–Crippen MR) is 89.9 cm³/mol. The van der Waals surface area contributed by atoms with Crippen molar-refractivity contribution in [2.24, 2.45) is 15.9 Å². The molecule has 1 aliphatic heterocycles. The largest absolute Gasteiger partial charge is 0.504 e. The van der Waals surface area contributed by atoms with E-state index in [9.17, 15) is 15.2 Å². The highest BCUT2D eigenvalue weighted by Gasteiger charge is 2.27. The summed E-state index contributed by atoms with van der Waals surface area (Å²) in [4.78, 5) is 20.4. The first-order chi connectivity index (χ1) is 11.6. The van der Waals surface area contributed by atoms with Crippen LogP contribution in [0.1, 0.15) is 5.56 Å². The zero-order valence-electron chi connectivity index (χ0n) is 12.8. The molecule has 0 spiro atoms. The number of hydrogen-bond acceptors (Lipinski definition) is 5. The second kappa shape index (κ2) is 6.34. The highest BCUT2D eigenvalue weighted by molar-refractivity contribution is 6.26. The van der Waals surface area contributed by atoms with Crippen LogP contribution in [-0.4, -0.2) is 29.7 Å². The molecule has 0 aromatic heterocycles. The Morgan fingerprint density at radius 2 is 2.21 bits per heavy atom. The average Bonchev–Trinajstić information content (AvgIpc) is 2.61. The summed E-state index contributed by atoms with van der Waals surface area (Å²) in [6.07, 6.45) is 8.55. The van der Waals surface area contributed by atoms with E-state index in [0.717, 1.165) is 0 Å². The van der Waals surface area contributed by atoms with E-state index >= 15 is 0 Å². The quantitative estimate of drug-likeness (QED) is 0.866. The molecule has 1 aromatic rings. The van der Waals surface area contributed by atoms with Gasteiger partial charge in [-0.1, -0.05) is 24.3 Å². The lowest BCUT2D eigenvalue weighted by Gasteiger charge is -2.17. The number of aliphatic imine (C=N–C) groups is 2. The van der Waals surface area contributed by atoms with E-state index in [4.69, 9.17) is 4.74 Å². The number of fused-ring (bicyclic) bond motifs is 1. The van der Waals surface area contributed by atoms with Crippen molar-refractivity contribution in [1.82, 2.24) is 0 Å². The Morgan fingerprint density at radius 1 is 1.38 bits per heavy atom. The Kier molecular flexibility index (Phi) is 4.08. The van der Waals surface area contributed by atoms with Crippen LogP contribution in [0.15, 0.2) is 58.1 Å². The van der Waals surface area contributed by atoms with Gasteiger partial charge in [0.1, 0.15) is 12.0 Å². The molecule has 0 bridgehead atoms. The molecule has 0 saturated carbocycles. The number of nitrogens with zero attached hydrogens (tertiary/aromatic N) is 3. The van der Waals surface area contributed by atoms with Crippen LogP contribution in [0.25, 0.3) is 6.08 Å². The normalized spacial score (nSPS) is 19.2. The molecule has 1 unspecified atom stereocenters. The summed E-state index contributed by atoms with van der Waals surface area (Å²) in [7, 11) is 1.44. The topological polar surface area (TPSA) is 95.0 Å². The fraction of sp³-hybridized carbons (Fsp3) is 0.111. The molecule has 1 N–H and O–H groups in total. The summed E-state index contributed by atoms with van der Waals surface area (Å²) in [5, 5.41) is 19.0. The maximum absolute atomic E-state index is 12.1.